The Morgan fingerprint density at radius 3 is 2.36 bits per heavy atom. The Morgan fingerprint density at radius 1 is 1.00 bits per heavy atom. The van der Waals surface area contributed by atoms with E-state index in [2.05, 4.69) is 34.6 Å². The molecule has 13 atom stereocenters. The highest BCUT2D eigenvalue weighted by atomic mass is 16.7. The van der Waals surface area contributed by atoms with Gasteiger partial charge in [-0.15, -0.1) is 0 Å². The first-order valence-corrected chi connectivity index (χ1v) is 17.9. The van der Waals surface area contributed by atoms with Crippen molar-refractivity contribution in [2.45, 2.75) is 162 Å². The van der Waals surface area contributed by atoms with Gasteiger partial charge >= 0.3 is 5.97 Å². The number of carbonyl (C=O) groups excluding carboxylic acids is 2. The highest BCUT2D eigenvalue weighted by Gasteiger charge is 2.85. The smallest absolute Gasteiger partial charge is 0.303 e. The number of ether oxygens (including phenoxy) is 4. The number of aliphatic hydroxyl groups is 1. The normalized spacial score (nSPS) is 51.6. The van der Waals surface area contributed by atoms with Gasteiger partial charge in [-0.2, -0.15) is 0 Å². The fraction of sp³-hybridized carbons (Fsp3) is 0.946. The van der Waals surface area contributed by atoms with Crippen molar-refractivity contribution in [1.29, 1.82) is 0 Å². The Labute approximate surface area is 264 Å². The molecule has 0 aromatic heterocycles. The molecule has 2 aliphatic heterocycles. The maximum atomic E-state index is 14.9. The van der Waals surface area contributed by atoms with Crippen LogP contribution in [-0.4, -0.2) is 59.8 Å². The number of rotatable bonds is 5. The van der Waals surface area contributed by atoms with E-state index < -0.39 is 35.3 Å². The van der Waals surface area contributed by atoms with Gasteiger partial charge in [0.05, 0.1) is 17.8 Å². The molecule has 0 radical (unpaired) electrons. The molecule has 0 bridgehead atoms. The molecule has 44 heavy (non-hydrogen) atoms. The zero-order valence-corrected chi connectivity index (χ0v) is 28.6. The predicted octanol–water partition coefficient (Wildman–Crippen LogP) is 6.62. The highest BCUT2D eigenvalue weighted by molar-refractivity contribution is 5.93. The summed E-state index contributed by atoms with van der Waals surface area (Å²) in [5.74, 6) is 1.17. The van der Waals surface area contributed by atoms with Crippen molar-refractivity contribution in [1.82, 2.24) is 0 Å². The molecule has 7 nitrogen and oxygen atoms in total. The van der Waals surface area contributed by atoms with Crippen LogP contribution in [0, 0.1) is 50.7 Å². The highest BCUT2D eigenvalue weighted by Crippen LogP contribution is 2.89. The van der Waals surface area contributed by atoms with Crippen molar-refractivity contribution in [2.75, 3.05) is 6.61 Å². The summed E-state index contributed by atoms with van der Waals surface area (Å²) in [5, 5.41) is 11.0. The molecule has 0 aromatic rings. The van der Waals surface area contributed by atoms with Crippen LogP contribution in [0.2, 0.25) is 0 Å². The number of fused-ring (bicyclic) bond motifs is 4. The lowest BCUT2D eigenvalue weighted by molar-refractivity contribution is -0.240. The molecule has 2 heterocycles. The van der Waals surface area contributed by atoms with Crippen LogP contribution < -0.4 is 0 Å². The molecule has 1 N–H and O–H groups in total. The minimum Gasteiger partial charge on any atom is -0.457 e. The van der Waals surface area contributed by atoms with Crippen LogP contribution in [0.25, 0.3) is 0 Å². The van der Waals surface area contributed by atoms with Gasteiger partial charge in [-0.1, -0.05) is 34.6 Å². The average Bonchev–Trinajstić information content (AvgIpc) is 3.58. The second-order valence-electron chi connectivity index (χ2n) is 18.0. The number of hydrogen-bond donors (Lipinski definition) is 1. The van der Waals surface area contributed by atoms with Crippen molar-refractivity contribution < 1.29 is 33.6 Å². The first-order chi connectivity index (χ1) is 20.5. The summed E-state index contributed by atoms with van der Waals surface area (Å²) in [6.07, 6.45) is 10.4. The molecule has 5 saturated carbocycles. The Hall–Kier alpha value is -1.02. The van der Waals surface area contributed by atoms with Crippen molar-refractivity contribution in [3.8, 4) is 0 Å². The van der Waals surface area contributed by atoms with Crippen LogP contribution >= 0.6 is 0 Å². The van der Waals surface area contributed by atoms with Crippen molar-refractivity contribution in [3.05, 3.63) is 0 Å². The standard InChI is InChI=1S/C37H58O7/c1-21-19-23(31(33(5,6)40)42-22(2)38)43-29-28(21)34(7)16-17-37-20-36(37)15-14-26(44-27-11-9-10-18-41-27)32(3,4)24(36)12-13-25(37)35(34,8)30(29)39/h21,23-29,31,40H,9-20H2,1-8H3/t21-,23-,24+,25+,26+,27+,28+,29+,31+,34-,35-,36-,37+/m1/s1. The van der Waals surface area contributed by atoms with Crippen LogP contribution in [0.15, 0.2) is 0 Å². The maximum absolute atomic E-state index is 14.9. The van der Waals surface area contributed by atoms with Gasteiger partial charge in [-0.05, 0) is 124 Å². The van der Waals surface area contributed by atoms with E-state index in [1.165, 1.54) is 32.6 Å². The second-order valence-corrected chi connectivity index (χ2v) is 18.0. The molecule has 2 spiro atoms. The van der Waals surface area contributed by atoms with Gasteiger partial charge in [-0.3, -0.25) is 9.59 Å². The minimum atomic E-state index is -1.27. The molecule has 7 fully saturated rings. The summed E-state index contributed by atoms with van der Waals surface area (Å²) >= 11 is 0. The molecule has 5 aliphatic carbocycles. The van der Waals surface area contributed by atoms with E-state index in [-0.39, 0.29) is 46.3 Å². The van der Waals surface area contributed by atoms with Crippen molar-refractivity contribution in [2.24, 2.45) is 50.7 Å². The quantitative estimate of drug-likeness (QED) is 0.275. The average molecular weight is 615 g/mol. The summed E-state index contributed by atoms with van der Waals surface area (Å²) in [6, 6.07) is 0. The van der Waals surface area contributed by atoms with Gasteiger partial charge in [0.25, 0.3) is 0 Å². The molecular formula is C37H58O7. The maximum Gasteiger partial charge on any atom is 0.303 e. The van der Waals surface area contributed by atoms with E-state index >= 15 is 0 Å². The number of Topliss-reactive ketones (excluding diaryl/α,β-unsaturated/α-hetero) is 1. The van der Waals surface area contributed by atoms with E-state index in [0.717, 1.165) is 45.1 Å². The van der Waals surface area contributed by atoms with Gasteiger partial charge in [0.1, 0.15) is 6.10 Å². The molecule has 7 rings (SSSR count). The third kappa shape index (κ3) is 4.06. The zero-order chi connectivity index (χ0) is 31.7. The molecule has 2 saturated heterocycles. The first-order valence-electron chi connectivity index (χ1n) is 17.9. The van der Waals surface area contributed by atoms with Gasteiger partial charge < -0.3 is 24.1 Å². The predicted molar refractivity (Wildman–Crippen MR) is 165 cm³/mol. The lowest BCUT2D eigenvalue weighted by Crippen LogP contribution is -2.59. The summed E-state index contributed by atoms with van der Waals surface area (Å²) in [5.41, 5.74) is -1.24. The van der Waals surface area contributed by atoms with Crippen molar-refractivity contribution in [3.63, 3.8) is 0 Å². The Bertz CT molecular complexity index is 1180. The molecule has 248 valence electrons. The number of hydrogen-bond acceptors (Lipinski definition) is 7. The monoisotopic (exact) mass is 614 g/mol. The number of ketones is 1. The second kappa shape index (κ2) is 10.00. The van der Waals surface area contributed by atoms with Crippen LogP contribution in [0.3, 0.4) is 0 Å². The van der Waals surface area contributed by atoms with Crippen LogP contribution in [0.1, 0.15) is 126 Å². The first kappa shape index (κ1) is 31.6. The molecule has 7 heteroatoms. The molecule has 0 unspecified atom stereocenters. The molecule has 0 amide bonds. The largest absolute Gasteiger partial charge is 0.457 e. The van der Waals surface area contributed by atoms with Gasteiger partial charge in [0.15, 0.2) is 18.2 Å². The Morgan fingerprint density at radius 2 is 1.70 bits per heavy atom. The van der Waals surface area contributed by atoms with E-state index in [1.54, 1.807) is 13.8 Å². The fourth-order valence-electron chi connectivity index (χ4n) is 13.3. The van der Waals surface area contributed by atoms with Crippen LogP contribution in [0.5, 0.6) is 0 Å². The van der Waals surface area contributed by atoms with Crippen molar-refractivity contribution >= 4 is 11.8 Å². The SMILES string of the molecule is CC(=O)O[C@@H]([C@H]1C[C@@H](C)[C@H]2[C@H](O1)C(=O)[C@@]1(C)[C@@H]3CC[C@H]4C(C)(C)[C@@H](O[C@H]5CCCCO5)CC[C@@]45C[C@@]35CC[C@]21C)C(C)(C)O. The van der Waals surface area contributed by atoms with Gasteiger partial charge in [-0.25, -0.2) is 0 Å². The Kier molecular flexibility index (Phi) is 7.17. The number of carbonyl (C=O) groups is 2. The van der Waals surface area contributed by atoms with Gasteiger partial charge in [0, 0.05) is 24.9 Å². The Balaban J connectivity index is 1.16. The van der Waals surface area contributed by atoms with E-state index in [4.69, 9.17) is 18.9 Å². The van der Waals surface area contributed by atoms with E-state index in [0.29, 0.717) is 23.7 Å². The molecular weight excluding hydrogens is 556 g/mol. The summed E-state index contributed by atoms with van der Waals surface area (Å²) in [4.78, 5) is 27.0. The molecule has 7 aliphatic rings. The fourth-order valence-corrected chi connectivity index (χ4v) is 13.3. The van der Waals surface area contributed by atoms with E-state index in [1.807, 2.05) is 0 Å². The minimum absolute atomic E-state index is 0.0528. The van der Waals surface area contributed by atoms with Gasteiger partial charge in [0.2, 0.25) is 0 Å². The summed E-state index contributed by atoms with van der Waals surface area (Å²) < 4.78 is 25.1. The third-order valence-electron chi connectivity index (χ3n) is 15.3. The third-order valence-corrected chi connectivity index (χ3v) is 15.3. The van der Waals surface area contributed by atoms with E-state index in [9.17, 15) is 14.7 Å². The lowest BCUT2D eigenvalue weighted by atomic mass is 9.41. The summed E-state index contributed by atoms with van der Waals surface area (Å²) in [7, 11) is 0. The number of esters is 1. The zero-order valence-electron chi connectivity index (χ0n) is 28.6. The lowest BCUT2D eigenvalue weighted by Gasteiger charge is -2.62. The topological polar surface area (TPSA) is 91.3 Å². The molecule has 0 aromatic carbocycles. The van der Waals surface area contributed by atoms with Crippen LogP contribution in [0.4, 0.5) is 0 Å². The van der Waals surface area contributed by atoms with Crippen LogP contribution in [-0.2, 0) is 28.5 Å². The summed E-state index contributed by atoms with van der Waals surface area (Å²) in [6.45, 7) is 17.4.